The Hall–Kier alpha value is -1.70. The van der Waals surface area contributed by atoms with Crippen LogP contribution in [-0.4, -0.2) is 40.0 Å². The number of pyridine rings is 1. The van der Waals surface area contributed by atoms with Gasteiger partial charge in [0.2, 0.25) is 11.8 Å². The zero-order valence-corrected chi connectivity index (χ0v) is 18.6. The van der Waals surface area contributed by atoms with Crippen molar-refractivity contribution in [1.29, 1.82) is 0 Å². The van der Waals surface area contributed by atoms with Gasteiger partial charge >= 0.3 is 35.5 Å². The van der Waals surface area contributed by atoms with Crippen LogP contribution >= 0.6 is 0 Å². The van der Waals surface area contributed by atoms with Crippen LogP contribution in [0.4, 0.5) is 0 Å². The molecule has 3 atom stereocenters. The van der Waals surface area contributed by atoms with Crippen LogP contribution in [-0.2, 0) is 14.4 Å². The normalized spacial score (nSPS) is 19.6. The van der Waals surface area contributed by atoms with E-state index >= 15 is 0 Å². The fraction of sp³-hybridized carbons (Fsp3) is 0.500. The van der Waals surface area contributed by atoms with Crippen molar-refractivity contribution < 1.29 is 49.0 Å². The monoisotopic (exact) mass is 396 g/mol. The average molecular weight is 396 g/mol. The van der Waals surface area contributed by atoms with Crippen molar-refractivity contribution in [2.45, 2.75) is 57.5 Å². The largest absolute Gasteiger partial charge is 1.00 e. The Kier molecular flexibility index (Phi) is 11.0. The van der Waals surface area contributed by atoms with Gasteiger partial charge in [0.1, 0.15) is 6.04 Å². The van der Waals surface area contributed by atoms with Gasteiger partial charge in [-0.1, -0.05) is 32.3 Å². The van der Waals surface area contributed by atoms with Crippen LogP contribution in [0, 0.1) is 5.92 Å². The molecule has 1 aromatic heterocycles. The van der Waals surface area contributed by atoms with Crippen LogP contribution in [0.2, 0.25) is 0 Å². The Bertz CT molecular complexity index is 681. The summed E-state index contributed by atoms with van der Waals surface area (Å²) in [5.41, 5.74) is 0.650. The molecule has 0 saturated heterocycles. The molecule has 1 aliphatic rings. The third kappa shape index (κ3) is 7.73. The standard InChI is InChI=1S/C20H27N3O4.Na/c1-2-3-9-17(19(25)23-16-10-6-8-15(16)20(26)27)22-18(24)12-11-14-7-4-5-13-21-14;/h4-5,7,11-13,15-17H,2-3,6,8-10H2,1H3,(H,22,24)(H,23,25)(H,26,27);/q;+1/b12-11+;/t15-,16+,17+;/m1./s1. The molecule has 7 nitrogen and oxygen atoms in total. The second-order valence-electron chi connectivity index (χ2n) is 6.78. The van der Waals surface area contributed by atoms with Crippen LogP contribution in [0.5, 0.6) is 0 Å². The van der Waals surface area contributed by atoms with Crippen LogP contribution in [0.25, 0.3) is 6.08 Å². The predicted octanol–water partition coefficient (Wildman–Crippen LogP) is -0.857. The average Bonchev–Trinajstić information content (AvgIpc) is 3.12. The van der Waals surface area contributed by atoms with E-state index in [0.717, 1.165) is 19.3 Å². The SMILES string of the molecule is CCCC[C@H](NC(=O)/C=C/c1ccccn1)C(=O)N[C@H]1CCC[C@H]1C(=O)O.[Na+]. The molecule has 1 aromatic rings. The Morgan fingerprint density at radius 2 is 2.11 bits per heavy atom. The summed E-state index contributed by atoms with van der Waals surface area (Å²) < 4.78 is 0. The molecule has 0 radical (unpaired) electrons. The number of carboxylic acids is 1. The van der Waals surface area contributed by atoms with Gasteiger partial charge in [0, 0.05) is 18.3 Å². The second-order valence-corrected chi connectivity index (χ2v) is 6.78. The fourth-order valence-electron chi connectivity index (χ4n) is 3.24. The molecular formula is C20H27N3NaO4+. The molecule has 0 unspecified atom stereocenters. The molecule has 146 valence electrons. The summed E-state index contributed by atoms with van der Waals surface area (Å²) in [5, 5.41) is 14.8. The van der Waals surface area contributed by atoms with E-state index in [4.69, 9.17) is 0 Å². The number of nitrogens with zero attached hydrogens (tertiary/aromatic N) is 1. The minimum atomic E-state index is -0.884. The molecule has 2 amide bonds. The molecule has 2 rings (SSSR count). The summed E-state index contributed by atoms with van der Waals surface area (Å²) in [6.45, 7) is 2.01. The number of unbranched alkanes of at least 4 members (excludes halogenated alkanes) is 1. The van der Waals surface area contributed by atoms with Crippen molar-refractivity contribution in [2.24, 2.45) is 5.92 Å². The Labute approximate surface area is 187 Å². The molecule has 8 heteroatoms. The van der Waals surface area contributed by atoms with Gasteiger partial charge in [0.25, 0.3) is 0 Å². The van der Waals surface area contributed by atoms with E-state index < -0.39 is 17.9 Å². The maximum Gasteiger partial charge on any atom is 1.00 e. The number of hydrogen-bond acceptors (Lipinski definition) is 4. The second kappa shape index (κ2) is 12.7. The maximum atomic E-state index is 12.6. The van der Waals surface area contributed by atoms with E-state index in [0.29, 0.717) is 25.0 Å². The zero-order chi connectivity index (χ0) is 19.6. The van der Waals surface area contributed by atoms with Gasteiger partial charge in [-0.3, -0.25) is 19.4 Å². The van der Waals surface area contributed by atoms with E-state index in [2.05, 4.69) is 15.6 Å². The molecule has 1 heterocycles. The first kappa shape index (κ1) is 24.3. The summed E-state index contributed by atoms with van der Waals surface area (Å²) in [6, 6.07) is 4.33. The quantitative estimate of drug-likeness (QED) is 0.372. The van der Waals surface area contributed by atoms with Crippen molar-refractivity contribution in [1.82, 2.24) is 15.6 Å². The minimum absolute atomic E-state index is 0. The molecule has 0 aromatic carbocycles. The van der Waals surface area contributed by atoms with Crippen molar-refractivity contribution in [3.05, 3.63) is 36.2 Å². The number of amides is 2. The molecule has 1 aliphatic carbocycles. The van der Waals surface area contributed by atoms with Gasteiger partial charge in [0.05, 0.1) is 11.6 Å². The van der Waals surface area contributed by atoms with Crippen LogP contribution in [0.15, 0.2) is 30.5 Å². The number of carbonyl (C=O) groups excluding carboxylic acids is 2. The van der Waals surface area contributed by atoms with E-state index in [-0.39, 0.29) is 47.4 Å². The fourth-order valence-corrected chi connectivity index (χ4v) is 3.24. The molecule has 1 fully saturated rings. The molecule has 0 bridgehead atoms. The molecule has 28 heavy (non-hydrogen) atoms. The number of aliphatic carboxylic acids is 1. The summed E-state index contributed by atoms with van der Waals surface area (Å²) in [4.78, 5) is 40.2. The number of nitrogens with one attached hydrogen (secondary N) is 2. The van der Waals surface area contributed by atoms with Crippen molar-refractivity contribution in [2.75, 3.05) is 0 Å². The number of aromatic nitrogens is 1. The van der Waals surface area contributed by atoms with Crippen molar-refractivity contribution in [3.63, 3.8) is 0 Å². The van der Waals surface area contributed by atoms with E-state index in [1.54, 1.807) is 24.4 Å². The molecule has 3 N–H and O–H groups in total. The first-order valence-electron chi connectivity index (χ1n) is 9.44. The summed E-state index contributed by atoms with van der Waals surface area (Å²) in [7, 11) is 0. The van der Waals surface area contributed by atoms with Gasteiger partial charge in [-0.05, 0) is 37.5 Å². The van der Waals surface area contributed by atoms with Crippen molar-refractivity contribution in [3.8, 4) is 0 Å². The third-order valence-electron chi connectivity index (χ3n) is 4.73. The van der Waals surface area contributed by atoms with Crippen LogP contribution in [0.1, 0.15) is 51.1 Å². The van der Waals surface area contributed by atoms with Gasteiger partial charge in [-0.25, -0.2) is 0 Å². The number of hydrogen-bond donors (Lipinski definition) is 3. The van der Waals surface area contributed by atoms with Gasteiger partial charge in [0.15, 0.2) is 0 Å². The van der Waals surface area contributed by atoms with E-state index in [9.17, 15) is 19.5 Å². The number of carboxylic acid groups (broad SMARTS) is 1. The molecule has 1 saturated carbocycles. The first-order chi connectivity index (χ1) is 13.0. The number of rotatable bonds is 9. The van der Waals surface area contributed by atoms with Gasteiger partial charge in [-0.2, -0.15) is 0 Å². The first-order valence-corrected chi connectivity index (χ1v) is 9.44. The summed E-state index contributed by atoms with van der Waals surface area (Å²) in [6.07, 6.45) is 8.76. The van der Waals surface area contributed by atoms with Crippen LogP contribution < -0.4 is 40.2 Å². The zero-order valence-electron chi connectivity index (χ0n) is 16.6. The molecule has 0 aliphatic heterocycles. The molecular weight excluding hydrogens is 369 g/mol. The number of carbonyl (C=O) groups is 3. The maximum absolute atomic E-state index is 12.6. The Morgan fingerprint density at radius 1 is 1.32 bits per heavy atom. The van der Waals surface area contributed by atoms with E-state index in [1.165, 1.54) is 6.08 Å². The predicted molar refractivity (Wildman–Crippen MR) is 102 cm³/mol. The summed E-state index contributed by atoms with van der Waals surface area (Å²) >= 11 is 0. The van der Waals surface area contributed by atoms with E-state index in [1.807, 2.05) is 13.0 Å². The Balaban J connectivity index is 0.00000392. The third-order valence-corrected chi connectivity index (χ3v) is 4.73. The van der Waals surface area contributed by atoms with Gasteiger partial charge < -0.3 is 15.7 Å². The molecule has 0 spiro atoms. The Morgan fingerprint density at radius 3 is 2.75 bits per heavy atom. The minimum Gasteiger partial charge on any atom is -0.481 e. The van der Waals surface area contributed by atoms with Crippen LogP contribution in [0.3, 0.4) is 0 Å². The van der Waals surface area contributed by atoms with Gasteiger partial charge in [-0.15, -0.1) is 0 Å². The summed E-state index contributed by atoms with van der Waals surface area (Å²) in [5.74, 6) is -2.13. The van der Waals surface area contributed by atoms with Crippen molar-refractivity contribution >= 4 is 23.9 Å². The topological polar surface area (TPSA) is 108 Å². The smallest absolute Gasteiger partial charge is 0.481 e.